The number of hydrogen-bond donors (Lipinski definition) is 0. The molecular weight excluding hydrogens is 364 g/mol. The molecule has 0 aromatic carbocycles. The SMILES string of the molecule is CCSC(=O)[C@]12O[C@@](C)(OC)[C@](C)(OC)O[C@H]1C(=O)O[C@@H]2c1ccco1. The third kappa shape index (κ3) is 2.53. The molecule has 144 valence electrons. The molecule has 26 heavy (non-hydrogen) atoms. The standard InChI is InChI=1S/C17H22O8S/c1-6-26-14(19)17-11(10-8-7-9-22-10)23-13(18)12(17)24-15(2,20-4)16(3,21-5)25-17/h7-9,11-12H,6H2,1-5H3/t11-,12+,15-,16-,17-/m1/s1. The lowest BCUT2D eigenvalue weighted by molar-refractivity contribution is -0.454. The van der Waals surface area contributed by atoms with Gasteiger partial charge in [-0.15, -0.1) is 0 Å². The van der Waals surface area contributed by atoms with Crippen molar-refractivity contribution in [3.05, 3.63) is 24.2 Å². The van der Waals surface area contributed by atoms with Gasteiger partial charge in [-0.05, 0) is 31.7 Å². The van der Waals surface area contributed by atoms with Crippen molar-refractivity contribution in [2.24, 2.45) is 0 Å². The molecule has 0 spiro atoms. The van der Waals surface area contributed by atoms with Crippen LogP contribution in [0.5, 0.6) is 0 Å². The number of thioether (sulfide) groups is 1. The fourth-order valence-corrected chi connectivity index (χ4v) is 3.98. The first-order valence-electron chi connectivity index (χ1n) is 8.17. The van der Waals surface area contributed by atoms with Crippen LogP contribution in [0, 0.1) is 0 Å². The first kappa shape index (κ1) is 19.4. The zero-order valence-corrected chi connectivity index (χ0v) is 16.1. The van der Waals surface area contributed by atoms with Gasteiger partial charge in [-0.2, -0.15) is 0 Å². The Morgan fingerprint density at radius 1 is 1.23 bits per heavy atom. The van der Waals surface area contributed by atoms with Crippen LogP contribution in [0.25, 0.3) is 0 Å². The minimum atomic E-state index is -1.77. The maximum Gasteiger partial charge on any atom is 0.340 e. The van der Waals surface area contributed by atoms with Gasteiger partial charge < -0.3 is 28.1 Å². The molecule has 0 unspecified atom stereocenters. The normalized spacial score (nSPS) is 39.5. The van der Waals surface area contributed by atoms with Crippen LogP contribution in [-0.2, 0) is 33.3 Å². The number of cyclic esters (lactones) is 1. The van der Waals surface area contributed by atoms with Gasteiger partial charge in [-0.1, -0.05) is 18.7 Å². The lowest BCUT2D eigenvalue weighted by Crippen LogP contribution is -2.72. The van der Waals surface area contributed by atoms with Crippen molar-refractivity contribution in [3.8, 4) is 0 Å². The number of rotatable bonds is 5. The Bertz CT molecular complexity index is 691. The number of hydrogen-bond acceptors (Lipinski definition) is 9. The summed E-state index contributed by atoms with van der Waals surface area (Å²) < 4.78 is 34.0. The van der Waals surface area contributed by atoms with Crippen LogP contribution in [0.4, 0.5) is 0 Å². The second-order valence-electron chi connectivity index (χ2n) is 6.25. The topological polar surface area (TPSA) is 93.4 Å². The molecule has 5 atom stereocenters. The number of methoxy groups -OCH3 is 2. The summed E-state index contributed by atoms with van der Waals surface area (Å²) in [6, 6.07) is 3.25. The van der Waals surface area contributed by atoms with Gasteiger partial charge in [0.2, 0.25) is 22.3 Å². The molecular formula is C17H22O8S. The highest BCUT2D eigenvalue weighted by Crippen LogP contribution is 2.54. The number of carbonyl (C=O) groups excluding carboxylic acids is 2. The van der Waals surface area contributed by atoms with Gasteiger partial charge in [0.05, 0.1) is 6.26 Å². The fraction of sp³-hybridized carbons (Fsp3) is 0.647. The van der Waals surface area contributed by atoms with Crippen molar-refractivity contribution < 1.29 is 37.7 Å². The molecule has 1 aromatic rings. The van der Waals surface area contributed by atoms with Crippen molar-refractivity contribution >= 4 is 22.8 Å². The molecule has 2 fully saturated rings. The molecule has 0 bridgehead atoms. The number of ether oxygens (including phenoxy) is 5. The third-order valence-electron chi connectivity index (χ3n) is 4.93. The van der Waals surface area contributed by atoms with Gasteiger partial charge in [-0.25, -0.2) is 4.79 Å². The van der Waals surface area contributed by atoms with E-state index in [-0.39, 0.29) is 5.76 Å². The highest BCUT2D eigenvalue weighted by molar-refractivity contribution is 8.13. The first-order valence-corrected chi connectivity index (χ1v) is 9.16. The number of carbonyl (C=O) groups is 2. The predicted octanol–water partition coefficient (Wildman–Crippen LogP) is 2.04. The van der Waals surface area contributed by atoms with Crippen molar-refractivity contribution in [2.75, 3.05) is 20.0 Å². The van der Waals surface area contributed by atoms with Crippen LogP contribution in [0.15, 0.2) is 22.8 Å². The van der Waals surface area contributed by atoms with E-state index in [4.69, 9.17) is 28.1 Å². The lowest BCUT2D eigenvalue weighted by atomic mass is 9.88. The van der Waals surface area contributed by atoms with E-state index in [0.29, 0.717) is 5.75 Å². The summed E-state index contributed by atoms with van der Waals surface area (Å²) >= 11 is 1.01. The number of fused-ring (bicyclic) bond motifs is 1. The summed E-state index contributed by atoms with van der Waals surface area (Å²) in [6.07, 6.45) is -0.991. The molecule has 3 heterocycles. The van der Waals surface area contributed by atoms with Gasteiger partial charge in [-0.3, -0.25) is 4.79 Å². The van der Waals surface area contributed by atoms with E-state index in [9.17, 15) is 9.59 Å². The van der Waals surface area contributed by atoms with Crippen molar-refractivity contribution in [3.63, 3.8) is 0 Å². The molecule has 2 aliphatic rings. The molecule has 8 nitrogen and oxygen atoms in total. The smallest absolute Gasteiger partial charge is 0.340 e. The molecule has 1 aromatic heterocycles. The Morgan fingerprint density at radius 3 is 2.46 bits per heavy atom. The van der Waals surface area contributed by atoms with Gasteiger partial charge in [0, 0.05) is 14.2 Å². The predicted molar refractivity (Wildman–Crippen MR) is 90.2 cm³/mol. The van der Waals surface area contributed by atoms with Crippen molar-refractivity contribution in [2.45, 2.75) is 50.2 Å². The summed E-state index contributed by atoms with van der Waals surface area (Å²) in [4.78, 5) is 25.7. The zero-order chi connectivity index (χ0) is 19.2. The van der Waals surface area contributed by atoms with Crippen LogP contribution in [0.3, 0.4) is 0 Å². The maximum atomic E-state index is 13.1. The Balaban J connectivity index is 2.16. The molecule has 0 aliphatic carbocycles. The Hall–Kier alpha value is -1.39. The van der Waals surface area contributed by atoms with Gasteiger partial charge >= 0.3 is 5.97 Å². The molecule has 2 aliphatic heterocycles. The van der Waals surface area contributed by atoms with Crippen LogP contribution in [0.2, 0.25) is 0 Å². The Labute approximate surface area is 155 Å². The quantitative estimate of drug-likeness (QED) is 0.705. The van der Waals surface area contributed by atoms with Crippen LogP contribution < -0.4 is 0 Å². The van der Waals surface area contributed by atoms with Gasteiger partial charge in [0.15, 0.2) is 12.2 Å². The zero-order valence-electron chi connectivity index (χ0n) is 15.3. The summed E-state index contributed by atoms with van der Waals surface area (Å²) in [6.45, 7) is 4.98. The average Bonchev–Trinajstić information content (AvgIpc) is 3.23. The van der Waals surface area contributed by atoms with E-state index >= 15 is 0 Å². The molecule has 0 radical (unpaired) electrons. The van der Waals surface area contributed by atoms with E-state index < -0.39 is 40.5 Å². The Morgan fingerprint density at radius 2 is 1.92 bits per heavy atom. The van der Waals surface area contributed by atoms with Crippen molar-refractivity contribution in [1.82, 2.24) is 0 Å². The first-order chi connectivity index (χ1) is 12.3. The maximum absolute atomic E-state index is 13.1. The number of esters is 1. The minimum absolute atomic E-state index is 0.286. The highest BCUT2D eigenvalue weighted by atomic mass is 32.2. The lowest BCUT2D eigenvalue weighted by Gasteiger charge is -2.53. The van der Waals surface area contributed by atoms with E-state index in [2.05, 4.69) is 0 Å². The molecule has 0 amide bonds. The highest BCUT2D eigenvalue weighted by Gasteiger charge is 2.75. The number of furan rings is 1. The molecule has 0 saturated carbocycles. The minimum Gasteiger partial charge on any atom is -0.465 e. The van der Waals surface area contributed by atoms with E-state index in [1.807, 2.05) is 6.92 Å². The summed E-state index contributed by atoms with van der Waals surface area (Å²) in [5, 5.41) is -0.404. The molecule has 0 N–H and O–H groups in total. The molecule has 9 heteroatoms. The second kappa shape index (κ2) is 6.65. The molecule has 2 saturated heterocycles. The summed E-state index contributed by atoms with van der Waals surface area (Å²) in [7, 11) is 2.81. The average molecular weight is 386 g/mol. The van der Waals surface area contributed by atoms with Crippen LogP contribution in [-0.4, -0.2) is 54.3 Å². The largest absolute Gasteiger partial charge is 0.465 e. The van der Waals surface area contributed by atoms with Gasteiger partial charge in [0.25, 0.3) is 0 Å². The van der Waals surface area contributed by atoms with Crippen LogP contribution in [0.1, 0.15) is 32.6 Å². The molecule has 3 rings (SSSR count). The third-order valence-corrected chi connectivity index (χ3v) is 5.80. The van der Waals surface area contributed by atoms with Gasteiger partial charge in [0.1, 0.15) is 5.76 Å². The van der Waals surface area contributed by atoms with E-state index in [1.165, 1.54) is 20.5 Å². The Kier molecular flexibility index (Phi) is 4.95. The van der Waals surface area contributed by atoms with E-state index in [1.54, 1.807) is 26.0 Å². The van der Waals surface area contributed by atoms with Crippen LogP contribution >= 0.6 is 11.8 Å². The summed E-state index contributed by atoms with van der Waals surface area (Å²) in [5.74, 6) is -2.88. The monoisotopic (exact) mass is 386 g/mol. The van der Waals surface area contributed by atoms with E-state index in [0.717, 1.165) is 11.8 Å². The summed E-state index contributed by atoms with van der Waals surface area (Å²) in [5.41, 5.74) is -1.77. The fourth-order valence-electron chi connectivity index (χ4n) is 3.24. The second-order valence-corrected chi connectivity index (χ2v) is 7.48. The van der Waals surface area contributed by atoms with Crippen molar-refractivity contribution in [1.29, 1.82) is 0 Å².